The number of aliphatic imine (C=N–C) groups is 2. The minimum absolute atomic E-state index is 0.219. The molecule has 52 heavy (non-hydrogen) atoms. The van der Waals surface area contributed by atoms with Crippen molar-refractivity contribution in [1.82, 2.24) is 5.32 Å². The van der Waals surface area contributed by atoms with Crippen LogP contribution >= 0.6 is 0 Å². The van der Waals surface area contributed by atoms with Crippen LogP contribution in [-0.2, 0) is 6.42 Å². The Morgan fingerprint density at radius 2 is 1.35 bits per heavy atom. The van der Waals surface area contributed by atoms with Crippen LogP contribution in [0.2, 0.25) is 0 Å². The van der Waals surface area contributed by atoms with Crippen molar-refractivity contribution in [3.63, 3.8) is 0 Å². The highest BCUT2D eigenvalue weighted by Gasteiger charge is 2.36. The van der Waals surface area contributed by atoms with Crippen LogP contribution in [0.25, 0.3) is 28.3 Å². The van der Waals surface area contributed by atoms with Crippen LogP contribution in [0.5, 0.6) is 0 Å². The van der Waals surface area contributed by atoms with E-state index in [2.05, 4.69) is 169 Å². The molecule has 0 fully saturated rings. The average Bonchev–Trinajstić information content (AvgIpc) is 3.24. The van der Waals surface area contributed by atoms with E-state index in [1.165, 1.54) is 50.1 Å². The largest absolute Gasteiger partial charge is 0.324 e. The summed E-state index contributed by atoms with van der Waals surface area (Å²) in [6.45, 7) is 0. The van der Waals surface area contributed by atoms with Gasteiger partial charge in [-0.05, 0) is 87.0 Å². The highest BCUT2D eigenvalue weighted by Crippen LogP contribution is 2.53. The lowest BCUT2D eigenvalue weighted by Crippen LogP contribution is -2.36. The molecule has 5 aromatic carbocycles. The molecule has 4 aliphatic carbocycles. The molecule has 5 aliphatic rings. The lowest BCUT2D eigenvalue weighted by Gasteiger charge is -2.38. The normalized spacial score (nSPS) is 22.2. The van der Waals surface area contributed by atoms with Crippen molar-refractivity contribution in [2.75, 3.05) is 0 Å². The Morgan fingerprint density at radius 3 is 2.21 bits per heavy atom. The molecule has 1 heterocycles. The summed E-state index contributed by atoms with van der Waals surface area (Å²) in [6.07, 6.45) is 23.9. The van der Waals surface area contributed by atoms with E-state index < -0.39 is 0 Å². The minimum atomic E-state index is -0.369. The van der Waals surface area contributed by atoms with Crippen molar-refractivity contribution >= 4 is 17.7 Å². The van der Waals surface area contributed by atoms with Crippen molar-refractivity contribution in [2.24, 2.45) is 9.98 Å². The van der Waals surface area contributed by atoms with Crippen LogP contribution in [0.1, 0.15) is 75.7 Å². The monoisotopic (exact) mass is 669 g/mol. The Balaban J connectivity index is 1.08. The minimum Gasteiger partial charge on any atom is -0.324 e. The number of benzene rings is 5. The summed E-state index contributed by atoms with van der Waals surface area (Å²) in [6, 6.07) is 41.2. The number of hydrogen-bond acceptors (Lipinski definition) is 3. The van der Waals surface area contributed by atoms with E-state index in [0.29, 0.717) is 11.8 Å². The molecular weight excluding hydrogens is 631 g/mol. The number of rotatable bonds is 5. The first-order valence-electron chi connectivity index (χ1n) is 18.6. The standard InChI is InChI=1S/C49H39N3/c1-3-15-32(16-4-1)34-19-13-21-36(29-34)48-50-47(33-17-5-2-6-18-33)51-49(52-48)37-22-14-20-35(30-37)44-31-45-40-25-8-7-23-38(40)39-24-9-11-27-42(39)46(45)43-28-12-10-26-41(43)44/h1-11,13-19,21-27,29-31,35,39,42,48H,12,20,28H2,(H,50,51,52). The summed E-state index contributed by atoms with van der Waals surface area (Å²) >= 11 is 0. The predicted octanol–water partition coefficient (Wildman–Crippen LogP) is 11.4. The first-order chi connectivity index (χ1) is 25.8. The molecule has 0 amide bonds. The van der Waals surface area contributed by atoms with Crippen LogP contribution in [0.4, 0.5) is 0 Å². The fraction of sp³-hybridized carbons (Fsp3) is 0.143. The van der Waals surface area contributed by atoms with Gasteiger partial charge in [-0.25, -0.2) is 9.98 Å². The maximum atomic E-state index is 5.32. The van der Waals surface area contributed by atoms with E-state index in [0.717, 1.165) is 47.6 Å². The third kappa shape index (κ3) is 5.36. The van der Waals surface area contributed by atoms with Crippen molar-refractivity contribution in [3.8, 4) is 22.3 Å². The summed E-state index contributed by atoms with van der Waals surface area (Å²) in [7, 11) is 0. The summed E-state index contributed by atoms with van der Waals surface area (Å²) in [5, 5.41) is 3.67. The molecule has 10 rings (SSSR count). The fourth-order valence-corrected chi connectivity index (χ4v) is 8.87. The number of amidine groups is 2. The smallest absolute Gasteiger partial charge is 0.169 e. The van der Waals surface area contributed by atoms with Gasteiger partial charge in [-0.2, -0.15) is 0 Å². The Morgan fingerprint density at radius 1 is 0.596 bits per heavy atom. The van der Waals surface area contributed by atoms with Crippen molar-refractivity contribution < 1.29 is 0 Å². The molecular formula is C49H39N3. The molecule has 0 radical (unpaired) electrons. The van der Waals surface area contributed by atoms with Gasteiger partial charge in [0.1, 0.15) is 11.7 Å². The van der Waals surface area contributed by atoms with E-state index in [1.807, 2.05) is 6.07 Å². The van der Waals surface area contributed by atoms with Crippen LogP contribution < -0.4 is 5.32 Å². The summed E-state index contributed by atoms with van der Waals surface area (Å²) < 4.78 is 0. The third-order valence-electron chi connectivity index (χ3n) is 11.3. The van der Waals surface area contributed by atoms with Crippen LogP contribution in [0.15, 0.2) is 179 Å². The molecule has 4 unspecified atom stereocenters. The van der Waals surface area contributed by atoms with Gasteiger partial charge in [0.05, 0.1) is 0 Å². The lowest BCUT2D eigenvalue weighted by atomic mass is 9.66. The van der Waals surface area contributed by atoms with E-state index in [9.17, 15) is 0 Å². The zero-order chi connectivity index (χ0) is 34.4. The Bertz CT molecular complexity index is 2420. The quantitative estimate of drug-likeness (QED) is 0.199. The SMILES string of the molecule is C1=CC2c3ccccc3-c3cc(C4C=C(C5=NC(c6cccc(-c7ccccc7)c6)N=C(c6ccccc6)N5)C=CC4)c4c(c3C2C=C1)CCC=C4. The Hall–Kier alpha value is -6.06. The van der Waals surface area contributed by atoms with E-state index >= 15 is 0 Å². The van der Waals surface area contributed by atoms with Crippen LogP contribution in [-0.4, -0.2) is 11.7 Å². The maximum Gasteiger partial charge on any atom is 0.169 e. The first kappa shape index (κ1) is 30.7. The Kier molecular flexibility index (Phi) is 7.64. The van der Waals surface area contributed by atoms with Gasteiger partial charge < -0.3 is 5.32 Å². The van der Waals surface area contributed by atoms with E-state index in [4.69, 9.17) is 9.98 Å². The second-order valence-corrected chi connectivity index (χ2v) is 14.3. The van der Waals surface area contributed by atoms with Gasteiger partial charge in [-0.3, -0.25) is 0 Å². The molecule has 1 N–H and O–H groups in total. The molecule has 0 bridgehead atoms. The summed E-state index contributed by atoms with van der Waals surface area (Å²) in [4.78, 5) is 10.5. The summed E-state index contributed by atoms with van der Waals surface area (Å²) in [5.41, 5.74) is 15.7. The molecule has 3 nitrogen and oxygen atoms in total. The molecule has 5 aromatic rings. The van der Waals surface area contributed by atoms with Crippen LogP contribution in [0.3, 0.4) is 0 Å². The third-order valence-corrected chi connectivity index (χ3v) is 11.3. The number of fused-ring (bicyclic) bond motifs is 8. The van der Waals surface area contributed by atoms with Gasteiger partial charge in [0.2, 0.25) is 0 Å². The summed E-state index contributed by atoms with van der Waals surface area (Å²) in [5.74, 6) is 2.68. The molecule has 0 saturated heterocycles. The number of nitrogens with zero attached hydrogens (tertiary/aromatic N) is 2. The zero-order valence-corrected chi connectivity index (χ0v) is 29.0. The number of allylic oxidation sites excluding steroid dienone is 7. The van der Waals surface area contributed by atoms with Gasteiger partial charge in [0.25, 0.3) is 0 Å². The highest BCUT2D eigenvalue weighted by molar-refractivity contribution is 6.16. The highest BCUT2D eigenvalue weighted by atomic mass is 15.2. The van der Waals surface area contributed by atoms with Gasteiger partial charge >= 0.3 is 0 Å². The van der Waals surface area contributed by atoms with Crippen molar-refractivity contribution in [1.29, 1.82) is 0 Å². The van der Waals surface area contributed by atoms with Gasteiger partial charge in [-0.15, -0.1) is 0 Å². The van der Waals surface area contributed by atoms with Crippen LogP contribution in [0, 0.1) is 0 Å². The van der Waals surface area contributed by atoms with E-state index in [-0.39, 0.29) is 12.1 Å². The van der Waals surface area contributed by atoms with E-state index in [1.54, 1.807) is 0 Å². The first-order valence-corrected chi connectivity index (χ1v) is 18.6. The van der Waals surface area contributed by atoms with Crippen molar-refractivity contribution in [3.05, 3.63) is 208 Å². The van der Waals surface area contributed by atoms with Gasteiger partial charge in [-0.1, -0.05) is 158 Å². The number of nitrogens with one attached hydrogen (secondary N) is 1. The molecule has 4 atom stereocenters. The molecule has 3 heteroatoms. The average molecular weight is 670 g/mol. The fourth-order valence-electron chi connectivity index (χ4n) is 8.87. The molecule has 0 spiro atoms. The topological polar surface area (TPSA) is 36.8 Å². The molecule has 250 valence electrons. The lowest BCUT2D eigenvalue weighted by molar-refractivity contribution is 0.704. The second-order valence-electron chi connectivity index (χ2n) is 14.3. The number of hydrogen-bond donors (Lipinski definition) is 1. The van der Waals surface area contributed by atoms with Gasteiger partial charge in [0.15, 0.2) is 6.17 Å². The predicted molar refractivity (Wildman–Crippen MR) is 216 cm³/mol. The second kappa shape index (κ2) is 12.9. The molecule has 1 aliphatic heterocycles. The molecule has 0 aromatic heterocycles. The maximum absolute atomic E-state index is 5.32. The zero-order valence-electron chi connectivity index (χ0n) is 29.0. The van der Waals surface area contributed by atoms with Crippen molar-refractivity contribution in [2.45, 2.75) is 43.2 Å². The van der Waals surface area contributed by atoms with Gasteiger partial charge in [0, 0.05) is 28.9 Å². The Labute approximate surface area is 305 Å². The molecule has 0 saturated carbocycles.